The molecule has 1 rings (SSSR count). The SMILES string of the molecule is CCN(CCOC)C(=O)c1cccc(Cl)c1N. The summed E-state index contributed by atoms with van der Waals surface area (Å²) in [5.41, 5.74) is 6.56. The first-order valence-corrected chi connectivity index (χ1v) is 5.81. The molecule has 0 fully saturated rings. The van der Waals surface area contributed by atoms with E-state index in [0.29, 0.717) is 36.0 Å². The van der Waals surface area contributed by atoms with Gasteiger partial charge in [0, 0.05) is 20.2 Å². The highest BCUT2D eigenvalue weighted by Crippen LogP contribution is 2.23. The lowest BCUT2D eigenvalue weighted by Crippen LogP contribution is -2.34. The molecule has 0 radical (unpaired) electrons. The predicted molar refractivity (Wildman–Crippen MR) is 69.3 cm³/mol. The van der Waals surface area contributed by atoms with Crippen LogP contribution in [-0.4, -0.2) is 37.6 Å². The molecule has 5 heteroatoms. The fraction of sp³-hybridized carbons (Fsp3) is 0.417. The molecule has 0 aliphatic rings. The van der Waals surface area contributed by atoms with E-state index in [0.717, 1.165) is 0 Å². The molecule has 2 N–H and O–H groups in total. The molecule has 0 aromatic heterocycles. The third-order valence-corrected chi connectivity index (χ3v) is 2.85. The van der Waals surface area contributed by atoms with Gasteiger partial charge in [-0.25, -0.2) is 0 Å². The van der Waals surface area contributed by atoms with E-state index >= 15 is 0 Å². The third kappa shape index (κ3) is 3.35. The van der Waals surface area contributed by atoms with Gasteiger partial charge in [-0.3, -0.25) is 4.79 Å². The van der Waals surface area contributed by atoms with Crippen molar-refractivity contribution in [3.63, 3.8) is 0 Å². The van der Waals surface area contributed by atoms with Crippen LogP contribution in [0.3, 0.4) is 0 Å². The third-order valence-electron chi connectivity index (χ3n) is 2.52. The number of rotatable bonds is 5. The topological polar surface area (TPSA) is 55.6 Å². The Bertz CT molecular complexity index is 396. The molecule has 0 unspecified atom stereocenters. The molecule has 0 saturated carbocycles. The first-order valence-electron chi connectivity index (χ1n) is 5.44. The quantitative estimate of drug-likeness (QED) is 0.820. The Morgan fingerprint density at radius 1 is 1.53 bits per heavy atom. The van der Waals surface area contributed by atoms with Crippen molar-refractivity contribution >= 4 is 23.2 Å². The van der Waals surface area contributed by atoms with E-state index in [1.807, 2.05) is 6.92 Å². The second-order valence-electron chi connectivity index (χ2n) is 3.58. The summed E-state index contributed by atoms with van der Waals surface area (Å²) in [7, 11) is 1.60. The number of nitrogens with two attached hydrogens (primary N) is 1. The maximum Gasteiger partial charge on any atom is 0.256 e. The van der Waals surface area contributed by atoms with Gasteiger partial charge in [-0.2, -0.15) is 0 Å². The summed E-state index contributed by atoms with van der Waals surface area (Å²) in [4.78, 5) is 13.9. The molecular formula is C12H17ClN2O2. The van der Waals surface area contributed by atoms with Crippen LogP contribution in [0.4, 0.5) is 5.69 Å². The number of anilines is 1. The van der Waals surface area contributed by atoms with Crippen molar-refractivity contribution in [1.29, 1.82) is 0 Å². The Hall–Kier alpha value is -1.26. The monoisotopic (exact) mass is 256 g/mol. The fourth-order valence-electron chi connectivity index (χ4n) is 1.50. The number of hydrogen-bond donors (Lipinski definition) is 1. The summed E-state index contributed by atoms with van der Waals surface area (Å²) >= 11 is 5.89. The Labute approximate surface area is 106 Å². The number of methoxy groups -OCH3 is 1. The normalized spacial score (nSPS) is 10.3. The maximum absolute atomic E-state index is 12.2. The lowest BCUT2D eigenvalue weighted by atomic mass is 10.1. The number of hydrogen-bond acceptors (Lipinski definition) is 3. The molecule has 94 valence electrons. The van der Waals surface area contributed by atoms with E-state index in [9.17, 15) is 4.79 Å². The van der Waals surface area contributed by atoms with E-state index in [1.165, 1.54) is 0 Å². The predicted octanol–water partition coefficient (Wildman–Crippen LogP) is 2.03. The van der Waals surface area contributed by atoms with Crippen LogP contribution >= 0.6 is 11.6 Å². The zero-order valence-corrected chi connectivity index (χ0v) is 10.8. The van der Waals surface area contributed by atoms with Crippen molar-refractivity contribution in [1.82, 2.24) is 4.90 Å². The summed E-state index contributed by atoms with van der Waals surface area (Å²) in [6, 6.07) is 5.06. The minimum absolute atomic E-state index is 0.121. The average molecular weight is 257 g/mol. The fourth-order valence-corrected chi connectivity index (χ4v) is 1.67. The van der Waals surface area contributed by atoms with E-state index in [1.54, 1.807) is 30.2 Å². The van der Waals surface area contributed by atoms with Gasteiger partial charge in [-0.1, -0.05) is 17.7 Å². The summed E-state index contributed by atoms with van der Waals surface area (Å²) in [5, 5.41) is 0.402. The molecule has 0 saturated heterocycles. The number of nitrogen functional groups attached to an aromatic ring is 1. The van der Waals surface area contributed by atoms with Crippen LogP contribution in [0.5, 0.6) is 0 Å². The zero-order chi connectivity index (χ0) is 12.8. The summed E-state index contributed by atoms with van der Waals surface area (Å²) < 4.78 is 4.96. The van der Waals surface area contributed by atoms with Gasteiger partial charge < -0.3 is 15.4 Å². The van der Waals surface area contributed by atoms with Gasteiger partial charge >= 0.3 is 0 Å². The minimum Gasteiger partial charge on any atom is -0.397 e. The number of carbonyl (C=O) groups is 1. The highest BCUT2D eigenvalue weighted by Gasteiger charge is 2.17. The largest absolute Gasteiger partial charge is 0.397 e. The van der Waals surface area contributed by atoms with Crippen molar-refractivity contribution in [2.24, 2.45) is 0 Å². The summed E-state index contributed by atoms with van der Waals surface area (Å²) in [6.45, 7) is 3.56. The van der Waals surface area contributed by atoms with Crippen molar-refractivity contribution in [3.8, 4) is 0 Å². The molecule has 1 amide bonds. The van der Waals surface area contributed by atoms with Gasteiger partial charge in [0.2, 0.25) is 0 Å². The van der Waals surface area contributed by atoms with E-state index in [4.69, 9.17) is 22.1 Å². The molecule has 4 nitrogen and oxygen atoms in total. The van der Waals surface area contributed by atoms with Gasteiger partial charge in [-0.15, -0.1) is 0 Å². The van der Waals surface area contributed by atoms with Crippen LogP contribution < -0.4 is 5.73 Å². The first kappa shape index (κ1) is 13.8. The van der Waals surface area contributed by atoms with Gasteiger partial charge in [0.05, 0.1) is 22.9 Å². The minimum atomic E-state index is -0.121. The number of halogens is 1. The smallest absolute Gasteiger partial charge is 0.256 e. The van der Waals surface area contributed by atoms with Crippen molar-refractivity contribution < 1.29 is 9.53 Å². The van der Waals surface area contributed by atoms with Crippen molar-refractivity contribution in [2.45, 2.75) is 6.92 Å². The molecule has 1 aromatic rings. The number of nitrogens with zero attached hydrogens (tertiary/aromatic N) is 1. The van der Waals surface area contributed by atoms with Gasteiger partial charge in [0.25, 0.3) is 5.91 Å². The average Bonchev–Trinajstić information content (AvgIpc) is 2.33. The lowest BCUT2D eigenvalue weighted by Gasteiger charge is -2.21. The van der Waals surface area contributed by atoms with Crippen LogP contribution in [0.2, 0.25) is 5.02 Å². The second kappa shape index (κ2) is 6.47. The number of benzene rings is 1. The molecule has 17 heavy (non-hydrogen) atoms. The van der Waals surface area contributed by atoms with Crippen LogP contribution in [-0.2, 0) is 4.74 Å². The van der Waals surface area contributed by atoms with E-state index in [-0.39, 0.29) is 5.91 Å². The maximum atomic E-state index is 12.2. The van der Waals surface area contributed by atoms with E-state index < -0.39 is 0 Å². The number of carbonyl (C=O) groups excluding carboxylic acids is 1. The standard InChI is InChI=1S/C12H17ClN2O2/c1-3-15(7-8-17-2)12(16)9-5-4-6-10(13)11(9)14/h4-6H,3,7-8,14H2,1-2H3. The Kier molecular flexibility index (Phi) is 5.25. The highest BCUT2D eigenvalue weighted by atomic mass is 35.5. The Balaban J connectivity index is 2.90. The van der Waals surface area contributed by atoms with Crippen LogP contribution in [0, 0.1) is 0 Å². The van der Waals surface area contributed by atoms with Crippen LogP contribution in [0.25, 0.3) is 0 Å². The Morgan fingerprint density at radius 3 is 2.82 bits per heavy atom. The zero-order valence-electron chi connectivity index (χ0n) is 10.1. The molecule has 0 atom stereocenters. The number of ether oxygens (including phenoxy) is 1. The van der Waals surface area contributed by atoms with Crippen molar-refractivity contribution in [3.05, 3.63) is 28.8 Å². The summed E-state index contributed by atoms with van der Waals surface area (Å²) in [6.07, 6.45) is 0. The molecule has 0 aliphatic carbocycles. The molecule has 0 bridgehead atoms. The van der Waals surface area contributed by atoms with Gasteiger partial charge in [0.15, 0.2) is 0 Å². The first-order chi connectivity index (χ1) is 8.11. The lowest BCUT2D eigenvalue weighted by molar-refractivity contribution is 0.0707. The molecule has 0 spiro atoms. The van der Waals surface area contributed by atoms with Crippen LogP contribution in [0.15, 0.2) is 18.2 Å². The highest BCUT2D eigenvalue weighted by molar-refractivity contribution is 6.33. The molecule has 0 aliphatic heterocycles. The number of likely N-dealkylation sites (N-methyl/N-ethyl adjacent to an activating group) is 1. The number of para-hydroxylation sites is 1. The van der Waals surface area contributed by atoms with Gasteiger partial charge in [-0.05, 0) is 19.1 Å². The molecule has 1 aromatic carbocycles. The van der Waals surface area contributed by atoms with E-state index in [2.05, 4.69) is 0 Å². The molecular weight excluding hydrogens is 240 g/mol. The molecule has 0 heterocycles. The summed E-state index contributed by atoms with van der Waals surface area (Å²) in [5.74, 6) is -0.121. The Morgan fingerprint density at radius 2 is 2.24 bits per heavy atom. The van der Waals surface area contributed by atoms with Gasteiger partial charge in [0.1, 0.15) is 0 Å². The number of amides is 1. The second-order valence-corrected chi connectivity index (χ2v) is 3.99. The van der Waals surface area contributed by atoms with Crippen molar-refractivity contribution in [2.75, 3.05) is 32.5 Å². The van der Waals surface area contributed by atoms with Crippen LogP contribution in [0.1, 0.15) is 17.3 Å².